The Labute approximate surface area is 138 Å². The van der Waals surface area contributed by atoms with E-state index in [1.165, 1.54) is 0 Å². The van der Waals surface area contributed by atoms with Gasteiger partial charge in [0.15, 0.2) is 11.5 Å². The van der Waals surface area contributed by atoms with Crippen molar-refractivity contribution in [3.63, 3.8) is 0 Å². The largest absolute Gasteiger partial charge is 0.456 e. The topological polar surface area (TPSA) is 74.2 Å². The summed E-state index contributed by atoms with van der Waals surface area (Å²) in [5, 5.41) is 0. The van der Waals surface area contributed by atoms with Gasteiger partial charge in [-0.25, -0.2) is 4.79 Å². The lowest BCUT2D eigenvalue weighted by atomic mass is 9.69. The Bertz CT molecular complexity index is 838. The highest BCUT2D eigenvalue weighted by Gasteiger charge is 2.46. The Hall–Kier alpha value is -2.63. The summed E-state index contributed by atoms with van der Waals surface area (Å²) in [4.78, 5) is 29.5. The lowest BCUT2D eigenvalue weighted by Crippen LogP contribution is -2.37. The summed E-state index contributed by atoms with van der Waals surface area (Å²) in [6, 6.07) is 5.60. The zero-order valence-corrected chi connectivity index (χ0v) is 12.9. The van der Waals surface area contributed by atoms with Crippen molar-refractivity contribution in [3.8, 4) is 11.5 Å². The van der Waals surface area contributed by atoms with Crippen LogP contribution >= 0.6 is 0 Å². The van der Waals surface area contributed by atoms with Gasteiger partial charge in [-0.05, 0) is 30.5 Å². The SMILES string of the molecule is O=C1OCC2=C1C(c1ccc3c(c1)OCO3)C1C(=O)CCCC1=N2. The van der Waals surface area contributed by atoms with E-state index in [4.69, 9.17) is 14.2 Å². The van der Waals surface area contributed by atoms with Gasteiger partial charge >= 0.3 is 5.97 Å². The van der Waals surface area contributed by atoms with E-state index in [-0.39, 0.29) is 37.0 Å². The van der Waals surface area contributed by atoms with E-state index in [0.717, 1.165) is 24.1 Å². The van der Waals surface area contributed by atoms with Crippen LogP contribution in [0.15, 0.2) is 34.5 Å². The minimum atomic E-state index is -0.372. The van der Waals surface area contributed by atoms with Crippen molar-refractivity contribution in [1.82, 2.24) is 0 Å². The first-order valence-corrected chi connectivity index (χ1v) is 8.12. The molecule has 6 heteroatoms. The van der Waals surface area contributed by atoms with Crippen molar-refractivity contribution in [2.24, 2.45) is 10.9 Å². The van der Waals surface area contributed by atoms with Crippen molar-refractivity contribution in [2.75, 3.05) is 13.4 Å². The van der Waals surface area contributed by atoms with Gasteiger partial charge in [0.25, 0.3) is 0 Å². The molecule has 1 fully saturated rings. The summed E-state index contributed by atoms with van der Waals surface area (Å²) in [6.07, 6.45) is 2.14. The van der Waals surface area contributed by atoms with Crippen LogP contribution in [0.3, 0.4) is 0 Å². The van der Waals surface area contributed by atoms with Gasteiger partial charge in [0.05, 0.1) is 17.2 Å². The van der Waals surface area contributed by atoms with Crippen molar-refractivity contribution in [1.29, 1.82) is 0 Å². The Morgan fingerprint density at radius 1 is 1.00 bits per heavy atom. The molecule has 1 aromatic rings. The first-order valence-electron chi connectivity index (χ1n) is 8.12. The molecule has 3 aliphatic heterocycles. The molecule has 6 nitrogen and oxygen atoms in total. The van der Waals surface area contributed by atoms with Gasteiger partial charge in [0.2, 0.25) is 6.79 Å². The van der Waals surface area contributed by atoms with E-state index in [9.17, 15) is 9.59 Å². The molecule has 0 bridgehead atoms. The second-order valence-corrected chi connectivity index (χ2v) is 6.43. The highest BCUT2D eigenvalue weighted by Crippen LogP contribution is 2.46. The highest BCUT2D eigenvalue weighted by molar-refractivity contribution is 6.12. The fourth-order valence-corrected chi connectivity index (χ4v) is 4.06. The van der Waals surface area contributed by atoms with E-state index in [2.05, 4.69) is 4.99 Å². The molecule has 2 unspecified atom stereocenters. The fourth-order valence-electron chi connectivity index (χ4n) is 4.06. The summed E-state index contributed by atoms with van der Waals surface area (Å²) >= 11 is 0. The number of rotatable bonds is 1. The van der Waals surface area contributed by atoms with Crippen LogP contribution in [-0.4, -0.2) is 30.9 Å². The number of ether oxygens (including phenoxy) is 3. The highest BCUT2D eigenvalue weighted by atomic mass is 16.7. The third kappa shape index (κ3) is 1.85. The van der Waals surface area contributed by atoms with Crippen LogP contribution in [0.4, 0.5) is 0 Å². The molecule has 122 valence electrons. The zero-order valence-electron chi connectivity index (χ0n) is 12.9. The summed E-state index contributed by atoms with van der Waals surface area (Å²) < 4.78 is 16.0. The Balaban J connectivity index is 1.67. The van der Waals surface area contributed by atoms with Gasteiger partial charge in [-0.15, -0.1) is 0 Å². The second-order valence-electron chi connectivity index (χ2n) is 6.43. The lowest BCUT2D eigenvalue weighted by Gasteiger charge is -2.33. The molecule has 1 saturated carbocycles. The van der Waals surface area contributed by atoms with E-state index < -0.39 is 0 Å². The van der Waals surface area contributed by atoms with Gasteiger partial charge < -0.3 is 14.2 Å². The minimum Gasteiger partial charge on any atom is -0.456 e. The fraction of sp³-hybridized carbons (Fsp3) is 0.389. The molecular weight excluding hydrogens is 310 g/mol. The van der Waals surface area contributed by atoms with Crippen molar-refractivity contribution in [2.45, 2.75) is 25.2 Å². The molecule has 0 N–H and O–H groups in total. The predicted molar refractivity (Wildman–Crippen MR) is 83.1 cm³/mol. The average molecular weight is 325 g/mol. The van der Waals surface area contributed by atoms with E-state index in [1.54, 1.807) is 0 Å². The number of fused-ring (bicyclic) bond motifs is 2. The zero-order chi connectivity index (χ0) is 16.3. The molecule has 0 amide bonds. The maximum absolute atomic E-state index is 12.6. The summed E-state index contributed by atoms with van der Waals surface area (Å²) in [5.41, 5.74) is 2.95. The number of hydrogen-bond acceptors (Lipinski definition) is 6. The van der Waals surface area contributed by atoms with Crippen LogP contribution in [0, 0.1) is 5.92 Å². The van der Waals surface area contributed by atoms with E-state index >= 15 is 0 Å². The minimum absolute atomic E-state index is 0.147. The molecule has 1 aliphatic carbocycles. The van der Waals surface area contributed by atoms with Crippen LogP contribution in [0.2, 0.25) is 0 Å². The normalized spacial score (nSPS) is 27.6. The molecule has 5 rings (SSSR count). The molecule has 2 atom stereocenters. The van der Waals surface area contributed by atoms with Crippen molar-refractivity contribution in [3.05, 3.63) is 35.0 Å². The quantitative estimate of drug-likeness (QED) is 0.740. The smallest absolute Gasteiger partial charge is 0.337 e. The Morgan fingerprint density at radius 3 is 2.79 bits per heavy atom. The number of esters is 1. The molecule has 0 saturated heterocycles. The van der Waals surface area contributed by atoms with Crippen LogP contribution in [0.25, 0.3) is 0 Å². The molecule has 24 heavy (non-hydrogen) atoms. The van der Waals surface area contributed by atoms with Crippen molar-refractivity contribution < 1.29 is 23.8 Å². The van der Waals surface area contributed by atoms with Crippen LogP contribution in [0.5, 0.6) is 11.5 Å². The summed E-state index contributed by atoms with van der Waals surface area (Å²) in [5.74, 6) is 0.394. The first-order chi connectivity index (χ1) is 11.7. The van der Waals surface area contributed by atoms with Gasteiger partial charge in [-0.2, -0.15) is 0 Å². The van der Waals surface area contributed by atoms with E-state index in [0.29, 0.717) is 29.2 Å². The molecule has 0 radical (unpaired) electrons. The molecular formula is C18H15NO5. The number of carbonyl (C=O) groups excluding carboxylic acids is 2. The standard InChI is InChI=1S/C18H15NO5/c20-12-3-1-2-10-16(12)15(17-11(19-10)7-22-18(17)21)9-4-5-13-14(6-9)24-8-23-13/h4-6,15-16H,1-3,7-8H2. The Kier molecular flexibility index (Phi) is 2.83. The van der Waals surface area contributed by atoms with Crippen LogP contribution in [-0.2, 0) is 14.3 Å². The van der Waals surface area contributed by atoms with Gasteiger partial charge in [0.1, 0.15) is 12.4 Å². The first kappa shape index (κ1) is 13.8. The third-order valence-corrected chi connectivity index (χ3v) is 5.11. The maximum Gasteiger partial charge on any atom is 0.337 e. The van der Waals surface area contributed by atoms with Crippen LogP contribution in [0.1, 0.15) is 30.7 Å². The van der Waals surface area contributed by atoms with Crippen molar-refractivity contribution >= 4 is 17.5 Å². The number of cyclic esters (lactones) is 1. The van der Waals surface area contributed by atoms with Crippen LogP contribution < -0.4 is 9.47 Å². The number of benzene rings is 1. The lowest BCUT2D eigenvalue weighted by molar-refractivity contribution is -0.136. The summed E-state index contributed by atoms with van der Waals surface area (Å²) in [6.45, 7) is 0.383. The number of nitrogens with zero attached hydrogens (tertiary/aromatic N) is 1. The third-order valence-electron chi connectivity index (χ3n) is 5.11. The molecule has 0 aromatic heterocycles. The number of carbonyl (C=O) groups is 2. The molecule has 1 aromatic carbocycles. The second kappa shape index (κ2) is 4.93. The molecule has 4 aliphatic rings. The summed E-state index contributed by atoms with van der Waals surface area (Å²) in [7, 11) is 0. The average Bonchev–Trinajstić information content (AvgIpc) is 3.19. The molecule has 3 heterocycles. The predicted octanol–water partition coefficient (Wildman–Crippen LogP) is 2.13. The Morgan fingerprint density at radius 2 is 1.88 bits per heavy atom. The number of Topliss-reactive ketones (excluding diaryl/α,β-unsaturated/α-hetero) is 1. The van der Waals surface area contributed by atoms with E-state index in [1.807, 2.05) is 18.2 Å². The van der Waals surface area contributed by atoms with Gasteiger partial charge in [-0.1, -0.05) is 6.07 Å². The number of hydrogen-bond donors (Lipinski definition) is 0. The number of ketones is 1. The molecule has 0 spiro atoms. The number of aliphatic imine (C=N–C) groups is 1. The monoisotopic (exact) mass is 325 g/mol. The van der Waals surface area contributed by atoms with Gasteiger partial charge in [-0.3, -0.25) is 9.79 Å². The maximum atomic E-state index is 12.6. The van der Waals surface area contributed by atoms with Gasteiger partial charge in [0, 0.05) is 18.1 Å².